The van der Waals surface area contributed by atoms with Gasteiger partial charge in [0.1, 0.15) is 5.75 Å². The monoisotopic (exact) mass is 317 g/mol. The van der Waals surface area contributed by atoms with Gasteiger partial charge in [-0.1, -0.05) is 0 Å². The van der Waals surface area contributed by atoms with Crippen LogP contribution >= 0.6 is 0 Å². The van der Waals surface area contributed by atoms with Crippen LogP contribution in [0, 0.1) is 0 Å². The smallest absolute Gasteiger partial charge is 0.254 e. The maximum atomic E-state index is 12.7. The predicted molar refractivity (Wildman–Crippen MR) is 89.7 cm³/mol. The second kappa shape index (κ2) is 7.35. The summed E-state index contributed by atoms with van der Waals surface area (Å²) in [6.45, 7) is 2.58. The summed E-state index contributed by atoms with van der Waals surface area (Å²) in [5, 5.41) is 9.60. The molecule has 1 N–H and O–H groups in total. The Labute approximate surface area is 138 Å². The van der Waals surface area contributed by atoms with Crippen molar-refractivity contribution in [3.63, 3.8) is 0 Å². The number of hydrogen-bond acceptors (Lipinski definition) is 3. The Bertz CT molecular complexity index is 520. The molecule has 0 spiro atoms. The highest BCUT2D eigenvalue weighted by molar-refractivity contribution is 5.94. The summed E-state index contributed by atoms with van der Waals surface area (Å²) in [7, 11) is 0. The third kappa shape index (κ3) is 4.05. The van der Waals surface area contributed by atoms with E-state index in [0.29, 0.717) is 18.1 Å². The van der Waals surface area contributed by atoms with E-state index in [1.807, 2.05) is 29.2 Å². The van der Waals surface area contributed by atoms with Gasteiger partial charge in [0.25, 0.3) is 5.91 Å². The lowest BCUT2D eigenvalue weighted by Crippen LogP contribution is -2.37. The quantitative estimate of drug-likeness (QED) is 0.905. The fraction of sp³-hybridized carbons (Fsp3) is 0.632. The standard InChI is InChI=1S/C19H27NO3/c1-14(21)13-16-5-4-12-20(16)19(22)15-8-10-18(11-9-15)23-17-6-2-3-7-17/h8-11,14,16-17,21H,2-7,12-13H2,1H3. The summed E-state index contributed by atoms with van der Waals surface area (Å²) in [6, 6.07) is 7.71. The maximum Gasteiger partial charge on any atom is 0.254 e. The molecule has 2 aliphatic rings. The molecule has 3 rings (SSSR count). The summed E-state index contributed by atoms with van der Waals surface area (Å²) >= 11 is 0. The van der Waals surface area contributed by atoms with E-state index in [1.165, 1.54) is 12.8 Å². The largest absolute Gasteiger partial charge is 0.490 e. The lowest BCUT2D eigenvalue weighted by atomic mass is 10.1. The van der Waals surface area contributed by atoms with Gasteiger partial charge in [-0.05, 0) is 76.1 Å². The maximum absolute atomic E-state index is 12.7. The van der Waals surface area contributed by atoms with Crippen molar-refractivity contribution in [2.45, 2.75) is 70.1 Å². The molecule has 2 unspecified atom stereocenters. The first-order valence-electron chi connectivity index (χ1n) is 8.89. The number of amides is 1. The van der Waals surface area contributed by atoms with Gasteiger partial charge in [0.15, 0.2) is 0 Å². The van der Waals surface area contributed by atoms with Crippen LogP contribution in [0.2, 0.25) is 0 Å². The number of rotatable bonds is 5. The summed E-state index contributed by atoms with van der Waals surface area (Å²) in [6.07, 6.45) is 7.41. The first-order valence-corrected chi connectivity index (χ1v) is 8.89. The highest BCUT2D eigenvalue weighted by Gasteiger charge is 2.30. The minimum Gasteiger partial charge on any atom is -0.490 e. The molecule has 1 saturated heterocycles. The SMILES string of the molecule is CC(O)CC1CCCN1C(=O)c1ccc(OC2CCCC2)cc1. The van der Waals surface area contributed by atoms with Crippen molar-refractivity contribution in [2.75, 3.05) is 6.54 Å². The van der Waals surface area contributed by atoms with Gasteiger partial charge in [-0.2, -0.15) is 0 Å². The average molecular weight is 317 g/mol. The molecule has 4 heteroatoms. The number of ether oxygens (including phenoxy) is 1. The normalized spacial score (nSPS) is 23.2. The molecule has 1 aliphatic carbocycles. The topological polar surface area (TPSA) is 49.8 Å². The summed E-state index contributed by atoms with van der Waals surface area (Å²) in [4.78, 5) is 14.6. The van der Waals surface area contributed by atoms with Gasteiger partial charge < -0.3 is 14.7 Å². The fourth-order valence-corrected chi connectivity index (χ4v) is 3.78. The Morgan fingerprint density at radius 2 is 1.91 bits per heavy atom. The molecule has 23 heavy (non-hydrogen) atoms. The van der Waals surface area contributed by atoms with Crippen LogP contribution in [0.3, 0.4) is 0 Å². The lowest BCUT2D eigenvalue weighted by molar-refractivity contribution is 0.0682. The van der Waals surface area contributed by atoms with Gasteiger partial charge in [0.2, 0.25) is 0 Å². The van der Waals surface area contributed by atoms with Crippen molar-refractivity contribution in [1.82, 2.24) is 4.90 Å². The molecule has 4 nitrogen and oxygen atoms in total. The number of likely N-dealkylation sites (tertiary alicyclic amines) is 1. The molecule has 1 aromatic rings. The Balaban J connectivity index is 1.62. The first-order chi connectivity index (χ1) is 11.1. The summed E-state index contributed by atoms with van der Waals surface area (Å²) in [5.41, 5.74) is 0.710. The second-order valence-electron chi connectivity index (χ2n) is 6.93. The molecule has 0 radical (unpaired) electrons. The van der Waals surface area contributed by atoms with Crippen LogP contribution in [0.4, 0.5) is 0 Å². The first kappa shape index (κ1) is 16.3. The molecular formula is C19H27NO3. The molecule has 2 fully saturated rings. The van der Waals surface area contributed by atoms with Crippen LogP contribution in [0.1, 0.15) is 62.2 Å². The lowest BCUT2D eigenvalue weighted by Gasteiger charge is -2.26. The molecule has 0 aromatic heterocycles. The summed E-state index contributed by atoms with van der Waals surface area (Å²) in [5.74, 6) is 0.927. The van der Waals surface area contributed by atoms with E-state index >= 15 is 0 Å². The highest BCUT2D eigenvalue weighted by atomic mass is 16.5. The highest BCUT2D eigenvalue weighted by Crippen LogP contribution is 2.26. The van der Waals surface area contributed by atoms with E-state index in [9.17, 15) is 9.90 Å². The Kier molecular flexibility index (Phi) is 5.21. The minimum absolute atomic E-state index is 0.0700. The molecular weight excluding hydrogens is 290 g/mol. The van der Waals surface area contributed by atoms with Crippen molar-refractivity contribution < 1.29 is 14.6 Å². The van der Waals surface area contributed by atoms with Crippen LogP contribution in [-0.2, 0) is 0 Å². The van der Waals surface area contributed by atoms with Gasteiger partial charge >= 0.3 is 0 Å². The number of carbonyl (C=O) groups is 1. The van der Waals surface area contributed by atoms with Gasteiger partial charge in [-0.15, -0.1) is 0 Å². The van der Waals surface area contributed by atoms with Gasteiger partial charge in [-0.3, -0.25) is 4.79 Å². The zero-order chi connectivity index (χ0) is 16.2. The Hall–Kier alpha value is -1.55. The molecule has 1 aromatic carbocycles. The van der Waals surface area contributed by atoms with Crippen molar-refractivity contribution in [2.24, 2.45) is 0 Å². The molecule has 1 amide bonds. The van der Waals surface area contributed by atoms with Gasteiger partial charge in [-0.25, -0.2) is 0 Å². The number of carbonyl (C=O) groups excluding carboxylic acids is 1. The van der Waals surface area contributed by atoms with Crippen molar-refractivity contribution in [1.29, 1.82) is 0 Å². The molecule has 2 atom stereocenters. The number of aliphatic hydroxyl groups is 1. The Morgan fingerprint density at radius 3 is 2.57 bits per heavy atom. The van der Waals surface area contributed by atoms with Crippen LogP contribution in [0.25, 0.3) is 0 Å². The molecule has 1 saturated carbocycles. The zero-order valence-corrected chi connectivity index (χ0v) is 13.9. The van der Waals surface area contributed by atoms with E-state index in [0.717, 1.165) is 38.0 Å². The van der Waals surface area contributed by atoms with Crippen molar-refractivity contribution >= 4 is 5.91 Å². The minimum atomic E-state index is -0.365. The van der Waals surface area contributed by atoms with Crippen LogP contribution in [0.15, 0.2) is 24.3 Å². The van der Waals surface area contributed by atoms with Gasteiger partial charge in [0, 0.05) is 18.2 Å². The van der Waals surface area contributed by atoms with E-state index in [2.05, 4.69) is 0 Å². The zero-order valence-electron chi connectivity index (χ0n) is 13.9. The molecule has 0 bridgehead atoms. The van der Waals surface area contributed by atoms with Crippen LogP contribution in [0.5, 0.6) is 5.75 Å². The molecule has 1 aliphatic heterocycles. The number of hydrogen-bond donors (Lipinski definition) is 1. The van der Waals surface area contributed by atoms with E-state index in [1.54, 1.807) is 6.92 Å². The number of aliphatic hydroxyl groups excluding tert-OH is 1. The number of benzene rings is 1. The third-order valence-electron chi connectivity index (χ3n) is 4.96. The van der Waals surface area contributed by atoms with E-state index < -0.39 is 0 Å². The predicted octanol–water partition coefficient (Wildman–Crippen LogP) is 3.38. The van der Waals surface area contributed by atoms with E-state index in [4.69, 9.17) is 4.74 Å². The number of nitrogens with zero attached hydrogens (tertiary/aromatic N) is 1. The molecule has 1 heterocycles. The Morgan fingerprint density at radius 1 is 1.22 bits per heavy atom. The third-order valence-corrected chi connectivity index (χ3v) is 4.96. The van der Waals surface area contributed by atoms with Crippen molar-refractivity contribution in [3.05, 3.63) is 29.8 Å². The summed E-state index contributed by atoms with van der Waals surface area (Å²) < 4.78 is 5.95. The molecule has 126 valence electrons. The average Bonchev–Trinajstić information content (AvgIpc) is 3.18. The second-order valence-corrected chi connectivity index (χ2v) is 6.93. The van der Waals surface area contributed by atoms with E-state index in [-0.39, 0.29) is 18.1 Å². The van der Waals surface area contributed by atoms with Gasteiger partial charge in [0.05, 0.1) is 12.2 Å². The van der Waals surface area contributed by atoms with Crippen molar-refractivity contribution in [3.8, 4) is 5.75 Å². The van der Waals surface area contributed by atoms with Crippen LogP contribution < -0.4 is 4.74 Å². The van der Waals surface area contributed by atoms with Crippen LogP contribution in [-0.4, -0.2) is 40.7 Å². The fourth-order valence-electron chi connectivity index (χ4n) is 3.78.